The fraction of sp³-hybridized carbons (Fsp3) is 0.571. The van der Waals surface area contributed by atoms with Crippen LogP contribution < -0.4 is 0 Å². The van der Waals surface area contributed by atoms with Gasteiger partial charge in [0.2, 0.25) is 0 Å². The molecule has 0 spiro atoms. The molecule has 0 aromatic heterocycles. The summed E-state index contributed by atoms with van der Waals surface area (Å²) in [5.41, 5.74) is 0.320. The molecule has 0 amide bonds. The highest BCUT2D eigenvalue weighted by Crippen LogP contribution is 2.41. The molecule has 5 nitrogen and oxygen atoms in total. The fourth-order valence-electron chi connectivity index (χ4n) is 0.434. The van der Waals surface area contributed by atoms with Crippen LogP contribution in [-0.4, -0.2) is 21.6 Å². The van der Waals surface area contributed by atoms with E-state index in [1.807, 2.05) is 0 Å². The van der Waals surface area contributed by atoms with E-state index in [2.05, 4.69) is 4.74 Å². The Hall–Kier alpha value is -0.640. The molecule has 13 heavy (non-hydrogen) atoms. The SMILES string of the molecule is C/C=C(\C)C(=O)OC(C)P(=O)(O)O. The summed E-state index contributed by atoms with van der Waals surface area (Å²) in [5, 5.41) is 0. The predicted molar refractivity (Wildman–Crippen MR) is 47.0 cm³/mol. The van der Waals surface area contributed by atoms with E-state index in [1.165, 1.54) is 13.0 Å². The van der Waals surface area contributed by atoms with Crippen LogP contribution >= 0.6 is 7.60 Å². The molecule has 0 rings (SSSR count). The number of allylic oxidation sites excluding steroid dienone is 1. The molecule has 0 fully saturated rings. The summed E-state index contributed by atoms with van der Waals surface area (Å²) in [6.45, 7) is 4.30. The maximum absolute atomic E-state index is 11.0. The van der Waals surface area contributed by atoms with Gasteiger partial charge in [-0.3, -0.25) is 4.57 Å². The average Bonchev–Trinajstić information content (AvgIpc) is 2.01. The van der Waals surface area contributed by atoms with Gasteiger partial charge in [-0.05, 0) is 20.8 Å². The van der Waals surface area contributed by atoms with Gasteiger partial charge in [0.25, 0.3) is 0 Å². The molecule has 1 unspecified atom stereocenters. The molecular formula is C7H13O5P. The molecule has 0 bridgehead atoms. The lowest BCUT2D eigenvalue weighted by atomic mass is 10.3. The van der Waals surface area contributed by atoms with Crippen LogP contribution in [0.3, 0.4) is 0 Å². The van der Waals surface area contributed by atoms with Crippen molar-refractivity contribution in [2.45, 2.75) is 26.6 Å². The van der Waals surface area contributed by atoms with E-state index < -0.39 is 19.4 Å². The first-order valence-corrected chi connectivity index (χ1v) is 5.36. The van der Waals surface area contributed by atoms with Gasteiger partial charge in [-0.15, -0.1) is 0 Å². The molecule has 0 aliphatic rings. The van der Waals surface area contributed by atoms with E-state index in [-0.39, 0.29) is 0 Å². The molecular weight excluding hydrogens is 195 g/mol. The number of hydrogen-bond acceptors (Lipinski definition) is 3. The Morgan fingerprint density at radius 1 is 1.54 bits per heavy atom. The molecule has 6 heteroatoms. The zero-order chi connectivity index (χ0) is 10.6. The second-order valence-corrected chi connectivity index (χ2v) is 4.47. The van der Waals surface area contributed by atoms with Gasteiger partial charge >= 0.3 is 13.6 Å². The molecule has 0 aromatic rings. The molecule has 0 saturated heterocycles. The summed E-state index contributed by atoms with van der Waals surface area (Å²) in [4.78, 5) is 28.2. The molecule has 0 aromatic carbocycles. The molecule has 2 N–H and O–H groups in total. The van der Waals surface area contributed by atoms with Crippen LogP contribution in [0.25, 0.3) is 0 Å². The minimum absolute atomic E-state index is 0.320. The van der Waals surface area contributed by atoms with Crippen LogP contribution in [0.4, 0.5) is 0 Å². The second-order valence-electron chi connectivity index (χ2n) is 2.57. The van der Waals surface area contributed by atoms with Crippen molar-refractivity contribution in [3.05, 3.63) is 11.6 Å². The number of carbonyl (C=O) groups excluding carboxylic acids is 1. The molecule has 1 atom stereocenters. The molecule has 0 aliphatic heterocycles. The van der Waals surface area contributed by atoms with E-state index in [4.69, 9.17) is 9.79 Å². The quantitative estimate of drug-likeness (QED) is 0.411. The molecule has 0 saturated carbocycles. The Morgan fingerprint density at radius 2 is 2.00 bits per heavy atom. The lowest BCUT2D eigenvalue weighted by Crippen LogP contribution is -2.15. The number of rotatable bonds is 3. The van der Waals surface area contributed by atoms with Gasteiger partial charge in [0.1, 0.15) is 0 Å². The van der Waals surface area contributed by atoms with Crippen LogP contribution in [0.1, 0.15) is 20.8 Å². The van der Waals surface area contributed by atoms with Gasteiger partial charge in [-0.2, -0.15) is 0 Å². The van der Waals surface area contributed by atoms with Crippen molar-refractivity contribution < 1.29 is 23.9 Å². The van der Waals surface area contributed by atoms with Crippen molar-refractivity contribution in [2.75, 3.05) is 0 Å². The smallest absolute Gasteiger partial charge is 0.365 e. The van der Waals surface area contributed by atoms with Gasteiger partial charge in [-0.1, -0.05) is 6.08 Å². The van der Waals surface area contributed by atoms with Gasteiger partial charge in [0, 0.05) is 5.57 Å². The highest BCUT2D eigenvalue weighted by atomic mass is 31.2. The third-order valence-electron chi connectivity index (χ3n) is 1.51. The summed E-state index contributed by atoms with van der Waals surface area (Å²) in [6, 6.07) is 0. The van der Waals surface area contributed by atoms with Crippen LogP contribution in [0.2, 0.25) is 0 Å². The Kier molecular flexibility index (Phi) is 4.33. The van der Waals surface area contributed by atoms with Gasteiger partial charge in [0.15, 0.2) is 5.85 Å². The van der Waals surface area contributed by atoms with E-state index >= 15 is 0 Å². The number of esters is 1. The number of ether oxygens (including phenoxy) is 1. The van der Waals surface area contributed by atoms with Gasteiger partial charge in [0.05, 0.1) is 0 Å². The minimum Gasteiger partial charge on any atom is -0.446 e. The first-order chi connectivity index (χ1) is 5.79. The van der Waals surface area contributed by atoms with E-state index in [9.17, 15) is 9.36 Å². The fourth-order valence-corrected chi connectivity index (χ4v) is 0.667. The maximum Gasteiger partial charge on any atom is 0.365 e. The minimum atomic E-state index is -4.33. The highest BCUT2D eigenvalue weighted by Gasteiger charge is 2.27. The lowest BCUT2D eigenvalue weighted by Gasteiger charge is -2.14. The summed E-state index contributed by atoms with van der Waals surface area (Å²) in [5.74, 6) is -2.10. The average molecular weight is 208 g/mol. The first kappa shape index (κ1) is 12.4. The summed E-state index contributed by atoms with van der Waals surface area (Å²) < 4.78 is 15.1. The molecule has 0 heterocycles. The molecule has 76 valence electrons. The molecule has 0 radical (unpaired) electrons. The van der Waals surface area contributed by atoms with Gasteiger partial charge < -0.3 is 14.5 Å². The van der Waals surface area contributed by atoms with Crippen molar-refractivity contribution in [1.29, 1.82) is 0 Å². The van der Waals surface area contributed by atoms with Crippen molar-refractivity contribution in [1.82, 2.24) is 0 Å². The van der Waals surface area contributed by atoms with Crippen LogP contribution in [0.15, 0.2) is 11.6 Å². The topological polar surface area (TPSA) is 83.8 Å². The number of carbonyl (C=O) groups is 1. The summed E-state index contributed by atoms with van der Waals surface area (Å²) >= 11 is 0. The largest absolute Gasteiger partial charge is 0.446 e. The highest BCUT2D eigenvalue weighted by molar-refractivity contribution is 7.52. The maximum atomic E-state index is 11.0. The second kappa shape index (κ2) is 4.56. The van der Waals surface area contributed by atoms with Crippen molar-refractivity contribution in [2.24, 2.45) is 0 Å². The Morgan fingerprint density at radius 3 is 2.31 bits per heavy atom. The van der Waals surface area contributed by atoms with E-state index in [0.717, 1.165) is 6.92 Å². The Bertz CT molecular complexity index is 264. The van der Waals surface area contributed by atoms with Crippen LogP contribution in [0.5, 0.6) is 0 Å². The van der Waals surface area contributed by atoms with Crippen LogP contribution in [0, 0.1) is 0 Å². The lowest BCUT2D eigenvalue weighted by molar-refractivity contribution is -0.140. The third-order valence-corrected chi connectivity index (χ3v) is 2.56. The Labute approximate surface area is 76.6 Å². The zero-order valence-electron chi connectivity index (χ0n) is 7.72. The normalized spacial score (nSPS) is 15.3. The predicted octanol–water partition coefficient (Wildman–Crippen LogP) is 1.02. The van der Waals surface area contributed by atoms with Crippen molar-refractivity contribution >= 4 is 13.6 Å². The van der Waals surface area contributed by atoms with Crippen LogP contribution in [-0.2, 0) is 14.1 Å². The van der Waals surface area contributed by atoms with E-state index in [0.29, 0.717) is 5.57 Å². The summed E-state index contributed by atoms with van der Waals surface area (Å²) in [6.07, 6.45) is 1.51. The third kappa shape index (κ3) is 4.22. The first-order valence-electron chi connectivity index (χ1n) is 3.68. The standard InChI is InChI=1S/C7H13O5P/c1-4-5(2)7(8)12-6(3)13(9,10)11/h4,6H,1-3H3,(H2,9,10,11)/b5-4+. The number of hydrogen-bond donors (Lipinski definition) is 2. The van der Waals surface area contributed by atoms with Gasteiger partial charge in [-0.25, -0.2) is 4.79 Å². The monoisotopic (exact) mass is 208 g/mol. The van der Waals surface area contributed by atoms with Crippen molar-refractivity contribution in [3.8, 4) is 0 Å². The zero-order valence-corrected chi connectivity index (χ0v) is 8.62. The molecule has 0 aliphatic carbocycles. The Balaban J connectivity index is 4.32. The summed E-state index contributed by atoms with van der Waals surface area (Å²) in [7, 11) is -4.33. The van der Waals surface area contributed by atoms with Crippen molar-refractivity contribution in [3.63, 3.8) is 0 Å². The van der Waals surface area contributed by atoms with E-state index in [1.54, 1.807) is 6.92 Å².